The second-order valence-corrected chi connectivity index (χ2v) is 6.37. The predicted molar refractivity (Wildman–Crippen MR) is 89.8 cm³/mol. The first-order valence-electron chi connectivity index (χ1n) is 7.60. The zero-order chi connectivity index (χ0) is 16.7. The van der Waals surface area contributed by atoms with Crippen molar-refractivity contribution in [2.24, 2.45) is 0 Å². The molecule has 0 N–H and O–H groups in total. The molecule has 1 aromatic rings. The molecule has 0 saturated carbocycles. The van der Waals surface area contributed by atoms with Crippen molar-refractivity contribution < 1.29 is 14.3 Å². The molecule has 1 saturated heterocycles. The molecule has 0 radical (unpaired) electrons. The van der Waals surface area contributed by atoms with E-state index < -0.39 is 4.84 Å². The highest BCUT2D eigenvalue weighted by Gasteiger charge is 2.26. The molecule has 1 heterocycles. The lowest BCUT2D eigenvalue weighted by Gasteiger charge is -2.35. The third kappa shape index (κ3) is 5.59. The predicted octanol–water partition coefficient (Wildman–Crippen LogP) is 2.32. The molecule has 2 rings (SSSR count). The number of amides is 2. The van der Waals surface area contributed by atoms with Crippen LogP contribution in [0.15, 0.2) is 30.3 Å². The molecule has 2 amide bonds. The SMILES string of the molecule is O=C(CCCOc1ccccc1)N1CCN(C(=O)C(Cl)Cl)CC1. The van der Waals surface area contributed by atoms with Gasteiger partial charge in [-0.2, -0.15) is 0 Å². The quantitative estimate of drug-likeness (QED) is 0.579. The number of hydrogen-bond donors (Lipinski definition) is 0. The largest absolute Gasteiger partial charge is 0.494 e. The molecule has 1 aliphatic rings. The van der Waals surface area contributed by atoms with Gasteiger partial charge >= 0.3 is 0 Å². The van der Waals surface area contributed by atoms with Gasteiger partial charge in [0.05, 0.1) is 6.61 Å². The van der Waals surface area contributed by atoms with Crippen molar-refractivity contribution in [2.45, 2.75) is 17.7 Å². The van der Waals surface area contributed by atoms with Gasteiger partial charge in [0.1, 0.15) is 5.75 Å². The number of alkyl halides is 2. The van der Waals surface area contributed by atoms with E-state index in [2.05, 4.69) is 0 Å². The van der Waals surface area contributed by atoms with E-state index in [1.54, 1.807) is 9.80 Å². The summed E-state index contributed by atoms with van der Waals surface area (Å²) >= 11 is 11.2. The fourth-order valence-corrected chi connectivity index (χ4v) is 2.68. The van der Waals surface area contributed by atoms with E-state index in [1.165, 1.54) is 0 Å². The van der Waals surface area contributed by atoms with Crippen molar-refractivity contribution >= 4 is 35.0 Å². The second kappa shape index (κ2) is 8.99. The summed E-state index contributed by atoms with van der Waals surface area (Å²) in [7, 11) is 0. The molecule has 1 aliphatic heterocycles. The van der Waals surface area contributed by atoms with Gasteiger partial charge in [0.25, 0.3) is 5.91 Å². The van der Waals surface area contributed by atoms with Gasteiger partial charge in [0, 0.05) is 32.6 Å². The van der Waals surface area contributed by atoms with Gasteiger partial charge in [-0.05, 0) is 18.6 Å². The molecule has 0 bridgehead atoms. The number of benzene rings is 1. The van der Waals surface area contributed by atoms with Crippen molar-refractivity contribution in [1.82, 2.24) is 9.80 Å². The Kier molecular flexibility index (Phi) is 6.99. The van der Waals surface area contributed by atoms with Crippen molar-refractivity contribution in [3.8, 4) is 5.75 Å². The molecule has 7 heteroatoms. The van der Waals surface area contributed by atoms with Crippen LogP contribution in [-0.4, -0.2) is 59.2 Å². The highest BCUT2D eigenvalue weighted by atomic mass is 35.5. The van der Waals surface area contributed by atoms with Crippen molar-refractivity contribution in [1.29, 1.82) is 0 Å². The van der Waals surface area contributed by atoms with Gasteiger partial charge in [-0.15, -0.1) is 0 Å². The highest BCUT2D eigenvalue weighted by Crippen LogP contribution is 2.12. The molecule has 1 aromatic carbocycles. The summed E-state index contributed by atoms with van der Waals surface area (Å²) in [5.41, 5.74) is 0. The third-order valence-corrected chi connectivity index (χ3v) is 4.05. The summed E-state index contributed by atoms with van der Waals surface area (Å²) in [6.07, 6.45) is 1.10. The van der Waals surface area contributed by atoms with Crippen LogP contribution in [0, 0.1) is 0 Å². The van der Waals surface area contributed by atoms with Crippen molar-refractivity contribution in [3.05, 3.63) is 30.3 Å². The Hall–Kier alpha value is -1.46. The molecule has 126 valence electrons. The van der Waals surface area contributed by atoms with E-state index in [1.807, 2.05) is 30.3 Å². The van der Waals surface area contributed by atoms with E-state index in [0.29, 0.717) is 45.6 Å². The Labute approximate surface area is 146 Å². The monoisotopic (exact) mass is 358 g/mol. The lowest BCUT2D eigenvalue weighted by atomic mass is 10.2. The van der Waals surface area contributed by atoms with E-state index in [-0.39, 0.29) is 11.8 Å². The van der Waals surface area contributed by atoms with Crippen LogP contribution in [0.25, 0.3) is 0 Å². The van der Waals surface area contributed by atoms with Crippen LogP contribution >= 0.6 is 23.2 Å². The number of ether oxygens (including phenoxy) is 1. The van der Waals surface area contributed by atoms with E-state index >= 15 is 0 Å². The summed E-state index contributed by atoms with van der Waals surface area (Å²) in [5, 5.41) is 0. The lowest BCUT2D eigenvalue weighted by Crippen LogP contribution is -2.51. The first-order chi connectivity index (χ1) is 11.1. The van der Waals surface area contributed by atoms with E-state index in [9.17, 15) is 9.59 Å². The number of carbonyl (C=O) groups excluding carboxylic acids is 2. The topological polar surface area (TPSA) is 49.9 Å². The normalized spacial score (nSPS) is 14.9. The molecular weight excluding hydrogens is 339 g/mol. The van der Waals surface area contributed by atoms with Gasteiger partial charge in [0.15, 0.2) is 4.84 Å². The molecule has 0 aliphatic carbocycles. The number of piperazine rings is 1. The van der Waals surface area contributed by atoms with Gasteiger partial charge < -0.3 is 14.5 Å². The number of carbonyl (C=O) groups is 2. The Morgan fingerprint density at radius 3 is 2.26 bits per heavy atom. The van der Waals surface area contributed by atoms with Crippen molar-refractivity contribution in [3.63, 3.8) is 0 Å². The van der Waals surface area contributed by atoms with Crippen LogP contribution in [0.1, 0.15) is 12.8 Å². The fraction of sp³-hybridized carbons (Fsp3) is 0.500. The highest BCUT2D eigenvalue weighted by molar-refractivity contribution is 6.53. The minimum absolute atomic E-state index is 0.0852. The van der Waals surface area contributed by atoms with Crippen LogP contribution < -0.4 is 4.74 Å². The number of para-hydroxylation sites is 1. The fourth-order valence-electron chi connectivity index (χ4n) is 2.40. The van der Waals surface area contributed by atoms with Gasteiger partial charge in [0.2, 0.25) is 5.91 Å². The van der Waals surface area contributed by atoms with Crippen molar-refractivity contribution in [2.75, 3.05) is 32.8 Å². The maximum Gasteiger partial charge on any atom is 0.255 e. The van der Waals surface area contributed by atoms with Gasteiger partial charge in [-0.25, -0.2) is 0 Å². The maximum absolute atomic E-state index is 12.1. The molecule has 0 aromatic heterocycles. The van der Waals surface area contributed by atoms with Crippen LogP contribution in [0.5, 0.6) is 5.75 Å². The summed E-state index contributed by atoms with van der Waals surface area (Å²) in [6, 6.07) is 9.52. The van der Waals surface area contributed by atoms with Crippen LogP contribution in [0.3, 0.4) is 0 Å². The number of hydrogen-bond acceptors (Lipinski definition) is 3. The number of nitrogens with zero attached hydrogens (tertiary/aromatic N) is 2. The van der Waals surface area contributed by atoms with Gasteiger partial charge in [-0.1, -0.05) is 41.4 Å². The van der Waals surface area contributed by atoms with Crippen LogP contribution in [0.4, 0.5) is 0 Å². The average molecular weight is 359 g/mol. The van der Waals surface area contributed by atoms with E-state index in [4.69, 9.17) is 27.9 Å². The molecule has 0 spiro atoms. The van der Waals surface area contributed by atoms with Crippen LogP contribution in [-0.2, 0) is 9.59 Å². The van der Waals surface area contributed by atoms with E-state index in [0.717, 1.165) is 5.75 Å². The lowest BCUT2D eigenvalue weighted by molar-refractivity contribution is -0.138. The zero-order valence-corrected chi connectivity index (χ0v) is 14.3. The zero-order valence-electron chi connectivity index (χ0n) is 12.8. The number of halogens is 2. The standard InChI is InChI=1S/C16H20Cl2N2O3/c17-15(18)16(22)20-10-8-19(9-11-20)14(21)7-4-12-23-13-5-2-1-3-6-13/h1-3,5-6,15H,4,7-12H2. The Morgan fingerprint density at radius 1 is 1.04 bits per heavy atom. The first-order valence-corrected chi connectivity index (χ1v) is 8.48. The second-order valence-electron chi connectivity index (χ2n) is 5.27. The summed E-state index contributed by atoms with van der Waals surface area (Å²) in [4.78, 5) is 26.1. The first kappa shape index (κ1) is 17.9. The Balaban J connectivity index is 1.64. The summed E-state index contributed by atoms with van der Waals surface area (Å²) in [5.74, 6) is 0.600. The molecule has 5 nitrogen and oxygen atoms in total. The minimum atomic E-state index is -1.03. The Morgan fingerprint density at radius 2 is 1.65 bits per heavy atom. The molecule has 1 fully saturated rings. The molecular formula is C16H20Cl2N2O3. The van der Waals surface area contributed by atoms with Gasteiger partial charge in [-0.3, -0.25) is 9.59 Å². The third-order valence-electron chi connectivity index (χ3n) is 3.68. The summed E-state index contributed by atoms with van der Waals surface area (Å²) in [6.45, 7) is 2.49. The smallest absolute Gasteiger partial charge is 0.255 e. The average Bonchev–Trinajstić information content (AvgIpc) is 2.59. The maximum atomic E-state index is 12.1. The molecule has 23 heavy (non-hydrogen) atoms. The number of rotatable bonds is 6. The molecule has 0 atom stereocenters. The Bertz CT molecular complexity index is 517. The minimum Gasteiger partial charge on any atom is -0.494 e. The summed E-state index contributed by atoms with van der Waals surface area (Å²) < 4.78 is 5.57. The molecule has 0 unspecified atom stereocenters. The van der Waals surface area contributed by atoms with Crippen LogP contribution in [0.2, 0.25) is 0 Å².